The number of benzene rings is 1. The molecule has 2 aliphatic rings. The number of nitrogens with zero attached hydrogens (tertiary/aromatic N) is 3. The third kappa shape index (κ3) is 4.50. The SMILES string of the molecule is O=C(O)N1Cc2c(F)cccc2C1C1=CN=NNC=CC=CC=CC=CC=C1. The molecular weight excluding hydrogens is 359 g/mol. The van der Waals surface area contributed by atoms with Gasteiger partial charge in [-0.3, -0.25) is 10.3 Å². The molecule has 0 radical (unpaired) electrons. The number of carbonyl (C=O) groups is 1. The zero-order chi connectivity index (χ0) is 19.8. The first kappa shape index (κ1) is 19.0. The molecule has 6 nitrogen and oxygen atoms in total. The average Bonchev–Trinajstić information content (AvgIpc) is 3.06. The molecule has 142 valence electrons. The highest BCUT2D eigenvalue weighted by atomic mass is 19.1. The molecule has 2 heterocycles. The van der Waals surface area contributed by atoms with E-state index in [9.17, 15) is 14.3 Å². The summed E-state index contributed by atoms with van der Waals surface area (Å²) < 4.78 is 14.2. The van der Waals surface area contributed by atoms with Crippen LogP contribution in [0.3, 0.4) is 0 Å². The number of amides is 1. The van der Waals surface area contributed by atoms with Crippen LogP contribution in [0, 0.1) is 5.82 Å². The molecule has 1 unspecified atom stereocenters. The molecule has 2 aliphatic heterocycles. The fourth-order valence-corrected chi connectivity index (χ4v) is 2.98. The molecule has 28 heavy (non-hydrogen) atoms. The highest BCUT2D eigenvalue weighted by Gasteiger charge is 2.36. The number of nitrogens with one attached hydrogen (secondary N) is 1. The molecule has 0 spiro atoms. The maximum absolute atomic E-state index is 14.2. The van der Waals surface area contributed by atoms with Crippen molar-refractivity contribution < 1.29 is 14.3 Å². The van der Waals surface area contributed by atoms with Gasteiger partial charge in [-0.2, -0.15) is 0 Å². The lowest BCUT2D eigenvalue weighted by molar-refractivity contribution is 0.136. The van der Waals surface area contributed by atoms with E-state index in [-0.39, 0.29) is 6.54 Å². The van der Waals surface area contributed by atoms with Gasteiger partial charge in [-0.25, -0.2) is 9.18 Å². The molecule has 1 aromatic carbocycles. The minimum absolute atomic E-state index is 0.0183. The number of hydrogen-bond donors (Lipinski definition) is 2. The molecule has 0 fully saturated rings. The third-order valence-corrected chi connectivity index (χ3v) is 4.21. The van der Waals surface area contributed by atoms with Crippen molar-refractivity contribution in [2.24, 2.45) is 10.3 Å². The minimum atomic E-state index is -1.13. The molecule has 0 saturated carbocycles. The Kier molecular flexibility index (Phi) is 6.30. The molecule has 2 N–H and O–H groups in total. The maximum atomic E-state index is 14.2. The zero-order valence-corrected chi connectivity index (χ0v) is 14.9. The van der Waals surface area contributed by atoms with E-state index in [2.05, 4.69) is 15.8 Å². The molecule has 1 amide bonds. The lowest BCUT2D eigenvalue weighted by Crippen LogP contribution is -2.28. The van der Waals surface area contributed by atoms with Crippen molar-refractivity contribution in [1.82, 2.24) is 10.3 Å². The fraction of sp³-hybridized carbons (Fsp3) is 0.0952. The maximum Gasteiger partial charge on any atom is 0.408 e. The first-order valence-corrected chi connectivity index (χ1v) is 8.64. The van der Waals surface area contributed by atoms with E-state index in [1.54, 1.807) is 36.6 Å². The Morgan fingerprint density at radius 3 is 2.57 bits per heavy atom. The van der Waals surface area contributed by atoms with Crippen molar-refractivity contribution in [3.05, 3.63) is 108 Å². The molecule has 0 bridgehead atoms. The summed E-state index contributed by atoms with van der Waals surface area (Å²) in [6.07, 6.45) is 18.3. The van der Waals surface area contributed by atoms with Crippen LogP contribution in [0.4, 0.5) is 9.18 Å². The summed E-state index contributed by atoms with van der Waals surface area (Å²) in [6, 6.07) is 3.98. The zero-order valence-electron chi connectivity index (χ0n) is 14.9. The predicted molar refractivity (Wildman–Crippen MR) is 104 cm³/mol. The molecule has 1 atom stereocenters. The number of fused-ring (bicyclic) bond motifs is 1. The van der Waals surface area contributed by atoms with Gasteiger partial charge in [0.2, 0.25) is 0 Å². The van der Waals surface area contributed by atoms with Gasteiger partial charge in [-0.05, 0) is 23.3 Å². The highest BCUT2D eigenvalue weighted by Crippen LogP contribution is 2.40. The Balaban J connectivity index is 2.01. The Labute approximate surface area is 162 Å². The number of allylic oxidation sites excluding steroid dienone is 8. The number of hydrogen-bond acceptors (Lipinski definition) is 4. The van der Waals surface area contributed by atoms with E-state index in [1.807, 2.05) is 36.5 Å². The van der Waals surface area contributed by atoms with E-state index >= 15 is 0 Å². The van der Waals surface area contributed by atoms with Crippen LogP contribution in [0.25, 0.3) is 0 Å². The smallest absolute Gasteiger partial charge is 0.408 e. The number of rotatable bonds is 1. The lowest BCUT2D eigenvalue weighted by Gasteiger charge is -2.23. The first-order chi connectivity index (χ1) is 13.7. The number of halogens is 1. The van der Waals surface area contributed by atoms with Crippen molar-refractivity contribution in [1.29, 1.82) is 0 Å². The van der Waals surface area contributed by atoms with Crippen LogP contribution in [0.2, 0.25) is 0 Å². The summed E-state index contributed by atoms with van der Waals surface area (Å²) in [5.74, 6) is -0.418. The van der Waals surface area contributed by atoms with E-state index < -0.39 is 18.0 Å². The van der Waals surface area contributed by atoms with Gasteiger partial charge in [0.05, 0.1) is 18.8 Å². The molecule has 0 aromatic heterocycles. The molecule has 7 heteroatoms. The summed E-state index contributed by atoms with van der Waals surface area (Å²) in [7, 11) is 0. The number of carboxylic acid groups (broad SMARTS) is 1. The van der Waals surface area contributed by atoms with Gasteiger partial charge in [0.15, 0.2) is 0 Å². The Morgan fingerprint density at radius 1 is 1.11 bits per heavy atom. The van der Waals surface area contributed by atoms with E-state index in [1.165, 1.54) is 17.2 Å². The minimum Gasteiger partial charge on any atom is -0.465 e. The van der Waals surface area contributed by atoms with Crippen molar-refractivity contribution in [3.63, 3.8) is 0 Å². The Hall–Kier alpha value is -3.74. The van der Waals surface area contributed by atoms with Crippen LogP contribution in [0.15, 0.2) is 101 Å². The largest absolute Gasteiger partial charge is 0.465 e. The summed E-state index contributed by atoms with van der Waals surface area (Å²) >= 11 is 0. The van der Waals surface area contributed by atoms with Crippen molar-refractivity contribution >= 4 is 6.09 Å². The van der Waals surface area contributed by atoms with Crippen molar-refractivity contribution in [2.75, 3.05) is 0 Å². The standard InChI is InChI=1S/C21H19FN4O2/c22-19-12-9-11-17-18(19)15-26(21(27)28)20(17)16-10-7-5-3-1-2-4-6-8-13-23-25-24-14-16/h1-14,20H,15H2,(H,23,24)(H,27,28). The molecule has 1 aromatic rings. The third-order valence-electron chi connectivity index (χ3n) is 4.21. The summed E-state index contributed by atoms with van der Waals surface area (Å²) in [5, 5.41) is 17.4. The van der Waals surface area contributed by atoms with Gasteiger partial charge in [0, 0.05) is 11.8 Å². The van der Waals surface area contributed by atoms with Crippen LogP contribution >= 0.6 is 0 Å². The average molecular weight is 378 g/mol. The van der Waals surface area contributed by atoms with Gasteiger partial charge >= 0.3 is 6.09 Å². The summed E-state index contributed by atoms with van der Waals surface area (Å²) in [5.41, 5.74) is 4.21. The van der Waals surface area contributed by atoms with Gasteiger partial charge < -0.3 is 5.11 Å². The van der Waals surface area contributed by atoms with E-state index in [0.29, 0.717) is 16.7 Å². The van der Waals surface area contributed by atoms with Crippen molar-refractivity contribution in [2.45, 2.75) is 12.6 Å². The van der Waals surface area contributed by atoms with Crippen LogP contribution in [-0.4, -0.2) is 16.1 Å². The van der Waals surface area contributed by atoms with Crippen LogP contribution < -0.4 is 5.43 Å². The topological polar surface area (TPSA) is 77.3 Å². The lowest BCUT2D eigenvalue weighted by atomic mass is 9.98. The van der Waals surface area contributed by atoms with Crippen LogP contribution in [0.1, 0.15) is 17.2 Å². The molecule has 0 saturated heterocycles. The van der Waals surface area contributed by atoms with Gasteiger partial charge in [-0.1, -0.05) is 66.0 Å². The van der Waals surface area contributed by atoms with Crippen molar-refractivity contribution in [3.8, 4) is 0 Å². The molecule has 0 aliphatic carbocycles. The molecular formula is C21H19FN4O2. The van der Waals surface area contributed by atoms with Gasteiger partial charge in [0.25, 0.3) is 0 Å². The predicted octanol–water partition coefficient (Wildman–Crippen LogP) is 4.95. The quantitative estimate of drug-likeness (QED) is 0.726. The molecule has 3 rings (SSSR count). The normalized spacial score (nSPS) is 19.0. The van der Waals surface area contributed by atoms with E-state index in [0.717, 1.165) is 0 Å². The second-order valence-electron chi connectivity index (χ2n) is 5.97. The summed E-state index contributed by atoms with van der Waals surface area (Å²) in [4.78, 5) is 13.0. The fourth-order valence-electron chi connectivity index (χ4n) is 2.98. The second kappa shape index (κ2) is 9.27. The van der Waals surface area contributed by atoms with Crippen LogP contribution in [-0.2, 0) is 6.54 Å². The highest BCUT2D eigenvalue weighted by molar-refractivity contribution is 5.69. The summed E-state index contributed by atoms with van der Waals surface area (Å²) in [6.45, 7) is -0.0183. The van der Waals surface area contributed by atoms with Gasteiger partial charge in [-0.15, -0.1) is 5.11 Å². The van der Waals surface area contributed by atoms with Gasteiger partial charge in [0.1, 0.15) is 5.82 Å². The first-order valence-electron chi connectivity index (χ1n) is 8.64. The monoisotopic (exact) mass is 378 g/mol. The van der Waals surface area contributed by atoms with Crippen LogP contribution in [0.5, 0.6) is 0 Å². The second-order valence-corrected chi connectivity index (χ2v) is 5.97. The van der Waals surface area contributed by atoms with E-state index in [4.69, 9.17) is 0 Å². The Bertz CT molecular complexity index is 942. The Morgan fingerprint density at radius 2 is 1.82 bits per heavy atom.